The van der Waals surface area contributed by atoms with Gasteiger partial charge in [0.05, 0.1) is 6.10 Å². The van der Waals surface area contributed by atoms with Crippen LogP contribution in [0.3, 0.4) is 0 Å². The summed E-state index contributed by atoms with van der Waals surface area (Å²) >= 11 is 6.00. The van der Waals surface area contributed by atoms with E-state index in [2.05, 4.69) is 43.3 Å². The van der Waals surface area contributed by atoms with E-state index in [0.717, 1.165) is 29.4 Å². The lowest BCUT2D eigenvalue weighted by Crippen LogP contribution is -2.33. The summed E-state index contributed by atoms with van der Waals surface area (Å²) in [5.74, 6) is 2.53. The molecule has 2 fully saturated rings. The molecule has 0 bridgehead atoms. The van der Waals surface area contributed by atoms with Crippen LogP contribution in [0, 0.1) is 11.8 Å². The molecule has 2 aromatic carbocycles. The molecule has 0 aromatic heterocycles. The summed E-state index contributed by atoms with van der Waals surface area (Å²) in [4.78, 5) is 0. The second-order valence-electron chi connectivity index (χ2n) is 8.05. The average molecular weight is 369 g/mol. The predicted octanol–water partition coefficient (Wildman–Crippen LogP) is 7.10. The number of rotatable bonds is 4. The molecule has 138 valence electrons. The van der Waals surface area contributed by atoms with E-state index in [1.165, 1.54) is 55.2 Å². The van der Waals surface area contributed by atoms with Crippen LogP contribution in [0.5, 0.6) is 0 Å². The van der Waals surface area contributed by atoms with Crippen molar-refractivity contribution in [3.63, 3.8) is 0 Å². The van der Waals surface area contributed by atoms with Crippen LogP contribution in [0.1, 0.15) is 56.9 Å². The SMILES string of the molecule is CCOC1CCC2CC(c3ccc(-c4ccc(Cl)cc4)cc3)CCC2C1. The highest BCUT2D eigenvalue weighted by Gasteiger charge is 2.36. The molecule has 4 unspecified atom stereocenters. The van der Waals surface area contributed by atoms with Gasteiger partial charge in [0, 0.05) is 11.6 Å². The molecule has 1 nitrogen and oxygen atoms in total. The Morgan fingerprint density at radius 1 is 0.808 bits per heavy atom. The number of halogens is 1. The Balaban J connectivity index is 1.40. The number of ether oxygens (including phenoxy) is 1. The molecule has 2 aliphatic carbocycles. The minimum absolute atomic E-state index is 0.524. The van der Waals surface area contributed by atoms with E-state index in [9.17, 15) is 0 Å². The Hall–Kier alpha value is -1.31. The van der Waals surface area contributed by atoms with Crippen LogP contribution in [0.15, 0.2) is 48.5 Å². The highest BCUT2D eigenvalue weighted by atomic mass is 35.5. The molecule has 0 N–H and O–H groups in total. The van der Waals surface area contributed by atoms with Crippen molar-refractivity contribution in [2.45, 2.75) is 57.5 Å². The van der Waals surface area contributed by atoms with Gasteiger partial charge in [0.2, 0.25) is 0 Å². The fraction of sp³-hybridized carbons (Fsp3) is 0.500. The minimum atomic E-state index is 0.524. The highest BCUT2D eigenvalue weighted by molar-refractivity contribution is 6.30. The zero-order valence-corrected chi connectivity index (χ0v) is 16.4. The van der Waals surface area contributed by atoms with Crippen molar-refractivity contribution in [1.82, 2.24) is 0 Å². The Kier molecular flexibility index (Phi) is 5.66. The Bertz CT molecular complexity index is 706. The van der Waals surface area contributed by atoms with Gasteiger partial charge in [-0.25, -0.2) is 0 Å². The van der Waals surface area contributed by atoms with Crippen LogP contribution in [0.2, 0.25) is 5.02 Å². The summed E-state index contributed by atoms with van der Waals surface area (Å²) in [7, 11) is 0. The van der Waals surface area contributed by atoms with Gasteiger partial charge in [0.15, 0.2) is 0 Å². The monoisotopic (exact) mass is 368 g/mol. The summed E-state index contributed by atoms with van der Waals surface area (Å²) in [6.07, 6.45) is 8.51. The van der Waals surface area contributed by atoms with Crippen LogP contribution < -0.4 is 0 Å². The van der Waals surface area contributed by atoms with Gasteiger partial charge in [0.25, 0.3) is 0 Å². The van der Waals surface area contributed by atoms with Gasteiger partial charge in [-0.2, -0.15) is 0 Å². The molecule has 0 heterocycles. The molecule has 26 heavy (non-hydrogen) atoms. The first-order chi connectivity index (χ1) is 12.7. The minimum Gasteiger partial charge on any atom is -0.378 e. The van der Waals surface area contributed by atoms with E-state index in [1.54, 1.807) is 0 Å². The van der Waals surface area contributed by atoms with Crippen molar-refractivity contribution < 1.29 is 4.74 Å². The maximum atomic E-state index is 6.00. The van der Waals surface area contributed by atoms with Crippen LogP contribution in [-0.2, 0) is 4.74 Å². The maximum Gasteiger partial charge on any atom is 0.0577 e. The lowest BCUT2D eigenvalue weighted by Gasteiger charge is -2.42. The first-order valence-corrected chi connectivity index (χ1v) is 10.6. The van der Waals surface area contributed by atoms with Gasteiger partial charge in [-0.05, 0) is 92.0 Å². The van der Waals surface area contributed by atoms with Gasteiger partial charge in [0.1, 0.15) is 0 Å². The van der Waals surface area contributed by atoms with Crippen molar-refractivity contribution >= 4 is 11.6 Å². The van der Waals surface area contributed by atoms with E-state index in [0.29, 0.717) is 6.10 Å². The number of benzene rings is 2. The molecule has 0 spiro atoms. The molecule has 0 aliphatic heterocycles. The molecule has 2 heteroatoms. The van der Waals surface area contributed by atoms with E-state index < -0.39 is 0 Å². The van der Waals surface area contributed by atoms with Crippen LogP contribution in [-0.4, -0.2) is 12.7 Å². The fourth-order valence-electron chi connectivity index (χ4n) is 5.13. The summed E-state index contributed by atoms with van der Waals surface area (Å²) in [6, 6.07) is 17.4. The summed E-state index contributed by atoms with van der Waals surface area (Å²) in [5.41, 5.74) is 4.03. The van der Waals surface area contributed by atoms with Crippen LogP contribution in [0.25, 0.3) is 11.1 Å². The summed E-state index contributed by atoms with van der Waals surface area (Å²) in [6.45, 7) is 2.99. The zero-order chi connectivity index (χ0) is 17.9. The molecule has 2 aliphatic rings. The standard InChI is InChI=1S/C24H29ClO/c1-2-26-24-14-11-21-15-20(7-8-22(21)16-24)19-5-3-17(4-6-19)18-9-12-23(25)13-10-18/h3-6,9-10,12-13,20-22,24H,2,7-8,11,14-16H2,1H3. The molecule has 2 saturated carbocycles. The first kappa shape index (κ1) is 18.1. The Morgan fingerprint density at radius 3 is 2.12 bits per heavy atom. The molecule has 4 atom stereocenters. The third-order valence-corrected chi connectivity index (χ3v) is 6.78. The maximum absolute atomic E-state index is 6.00. The normalized spacial score (nSPS) is 28.5. The largest absolute Gasteiger partial charge is 0.378 e. The van der Waals surface area contributed by atoms with Gasteiger partial charge in [-0.3, -0.25) is 0 Å². The number of hydrogen-bond donors (Lipinski definition) is 0. The first-order valence-electron chi connectivity index (χ1n) is 10.2. The third-order valence-electron chi connectivity index (χ3n) is 6.53. The van der Waals surface area contributed by atoms with Crippen molar-refractivity contribution in [3.05, 3.63) is 59.1 Å². The number of fused-ring (bicyclic) bond motifs is 1. The van der Waals surface area contributed by atoms with Gasteiger partial charge in [-0.15, -0.1) is 0 Å². The van der Waals surface area contributed by atoms with Crippen molar-refractivity contribution in [1.29, 1.82) is 0 Å². The summed E-state index contributed by atoms with van der Waals surface area (Å²) < 4.78 is 5.90. The fourth-order valence-corrected chi connectivity index (χ4v) is 5.25. The Labute approximate surface area is 162 Å². The topological polar surface area (TPSA) is 9.23 Å². The lowest BCUT2D eigenvalue weighted by molar-refractivity contribution is -0.00955. The van der Waals surface area contributed by atoms with Crippen LogP contribution in [0.4, 0.5) is 0 Å². The number of hydrogen-bond acceptors (Lipinski definition) is 1. The van der Waals surface area contributed by atoms with Gasteiger partial charge >= 0.3 is 0 Å². The highest BCUT2D eigenvalue weighted by Crippen LogP contribution is 2.46. The molecule has 0 saturated heterocycles. The molecular weight excluding hydrogens is 340 g/mol. The van der Waals surface area contributed by atoms with Gasteiger partial charge < -0.3 is 4.74 Å². The molecule has 0 amide bonds. The van der Waals surface area contributed by atoms with E-state index >= 15 is 0 Å². The van der Waals surface area contributed by atoms with Gasteiger partial charge in [-0.1, -0.05) is 48.0 Å². The molecule has 4 rings (SSSR count). The molecular formula is C24H29ClO. The van der Waals surface area contributed by atoms with E-state index in [-0.39, 0.29) is 0 Å². The zero-order valence-electron chi connectivity index (χ0n) is 15.7. The third kappa shape index (κ3) is 4.00. The quantitative estimate of drug-likeness (QED) is 0.559. The molecule has 0 radical (unpaired) electrons. The van der Waals surface area contributed by atoms with Crippen molar-refractivity contribution in [2.24, 2.45) is 11.8 Å². The van der Waals surface area contributed by atoms with Crippen molar-refractivity contribution in [3.8, 4) is 11.1 Å². The smallest absolute Gasteiger partial charge is 0.0577 e. The summed E-state index contributed by atoms with van der Waals surface area (Å²) in [5, 5.41) is 0.793. The van der Waals surface area contributed by atoms with E-state index in [4.69, 9.17) is 16.3 Å². The molecule has 2 aromatic rings. The van der Waals surface area contributed by atoms with Crippen LogP contribution >= 0.6 is 11.6 Å². The second-order valence-corrected chi connectivity index (χ2v) is 8.49. The van der Waals surface area contributed by atoms with E-state index in [1.807, 2.05) is 12.1 Å². The predicted molar refractivity (Wildman–Crippen MR) is 110 cm³/mol. The Morgan fingerprint density at radius 2 is 1.42 bits per heavy atom. The lowest BCUT2D eigenvalue weighted by atomic mass is 9.65. The van der Waals surface area contributed by atoms with Crippen molar-refractivity contribution in [2.75, 3.05) is 6.61 Å². The second kappa shape index (κ2) is 8.15. The average Bonchev–Trinajstić information content (AvgIpc) is 2.69.